The van der Waals surface area contributed by atoms with Crippen LogP contribution in [0.15, 0.2) is 18.5 Å². The van der Waals surface area contributed by atoms with Crippen molar-refractivity contribution in [3.05, 3.63) is 18.5 Å². The van der Waals surface area contributed by atoms with Crippen LogP contribution in [-0.4, -0.2) is 45.6 Å². The summed E-state index contributed by atoms with van der Waals surface area (Å²) in [6, 6.07) is 1.63. The SMILES string of the molecule is O=C(NCCCn1cccn1)[C@H]1CCCN1C(=O)C1CCCCC1. The molecule has 2 aliphatic rings. The van der Waals surface area contributed by atoms with Crippen LogP contribution in [0.4, 0.5) is 0 Å². The molecule has 0 bridgehead atoms. The maximum absolute atomic E-state index is 12.7. The van der Waals surface area contributed by atoms with Gasteiger partial charge in [-0.2, -0.15) is 5.10 Å². The molecule has 6 heteroatoms. The molecule has 132 valence electrons. The van der Waals surface area contributed by atoms with Gasteiger partial charge < -0.3 is 10.2 Å². The number of rotatable bonds is 6. The second kappa shape index (κ2) is 8.31. The smallest absolute Gasteiger partial charge is 0.242 e. The van der Waals surface area contributed by atoms with Crippen LogP contribution in [0.25, 0.3) is 0 Å². The summed E-state index contributed by atoms with van der Waals surface area (Å²) in [6.45, 7) is 2.16. The zero-order valence-corrected chi connectivity index (χ0v) is 14.3. The van der Waals surface area contributed by atoms with Crippen LogP contribution in [0, 0.1) is 5.92 Å². The van der Waals surface area contributed by atoms with Crippen molar-refractivity contribution < 1.29 is 9.59 Å². The minimum atomic E-state index is -0.260. The van der Waals surface area contributed by atoms with Gasteiger partial charge >= 0.3 is 0 Å². The third-order valence-corrected chi connectivity index (χ3v) is 5.22. The van der Waals surface area contributed by atoms with Gasteiger partial charge in [0.15, 0.2) is 0 Å². The van der Waals surface area contributed by atoms with Gasteiger partial charge in [-0.25, -0.2) is 0 Å². The summed E-state index contributed by atoms with van der Waals surface area (Å²) in [5, 5.41) is 7.15. The molecule has 1 atom stereocenters. The lowest BCUT2D eigenvalue weighted by atomic mass is 9.88. The summed E-state index contributed by atoms with van der Waals surface area (Å²) >= 11 is 0. The van der Waals surface area contributed by atoms with Crippen LogP contribution in [0.3, 0.4) is 0 Å². The van der Waals surface area contributed by atoms with Gasteiger partial charge in [0.05, 0.1) is 0 Å². The Bertz CT molecular complexity index is 537. The summed E-state index contributed by atoms with van der Waals surface area (Å²) in [5.41, 5.74) is 0. The average molecular weight is 332 g/mol. The van der Waals surface area contributed by atoms with Crippen LogP contribution in [0.2, 0.25) is 0 Å². The lowest BCUT2D eigenvalue weighted by Crippen LogP contribution is -2.48. The number of likely N-dealkylation sites (tertiary alicyclic amines) is 1. The van der Waals surface area contributed by atoms with Crippen LogP contribution in [-0.2, 0) is 16.1 Å². The van der Waals surface area contributed by atoms with E-state index in [1.54, 1.807) is 6.20 Å². The highest BCUT2D eigenvalue weighted by atomic mass is 16.2. The van der Waals surface area contributed by atoms with Gasteiger partial charge in [0.2, 0.25) is 11.8 Å². The van der Waals surface area contributed by atoms with E-state index in [2.05, 4.69) is 10.4 Å². The lowest BCUT2D eigenvalue weighted by Gasteiger charge is -2.30. The minimum absolute atomic E-state index is 0.0112. The molecule has 0 spiro atoms. The number of carbonyl (C=O) groups is 2. The zero-order chi connectivity index (χ0) is 16.8. The summed E-state index contributed by atoms with van der Waals surface area (Å²) in [6.07, 6.45) is 11.8. The van der Waals surface area contributed by atoms with E-state index in [4.69, 9.17) is 0 Å². The molecule has 0 unspecified atom stereocenters. The van der Waals surface area contributed by atoms with Gasteiger partial charge in [0.25, 0.3) is 0 Å². The molecular formula is C18H28N4O2. The highest BCUT2D eigenvalue weighted by molar-refractivity contribution is 5.89. The minimum Gasteiger partial charge on any atom is -0.354 e. The Morgan fingerprint density at radius 1 is 1.12 bits per heavy atom. The second-order valence-corrected chi connectivity index (χ2v) is 6.94. The molecule has 1 aromatic rings. The van der Waals surface area contributed by atoms with Crippen molar-refractivity contribution in [2.75, 3.05) is 13.1 Å². The fraction of sp³-hybridized carbons (Fsp3) is 0.722. The molecule has 0 radical (unpaired) electrons. The van der Waals surface area contributed by atoms with E-state index in [-0.39, 0.29) is 23.8 Å². The average Bonchev–Trinajstić information content (AvgIpc) is 3.30. The molecule has 2 fully saturated rings. The Hall–Kier alpha value is -1.85. The third-order valence-electron chi connectivity index (χ3n) is 5.22. The monoisotopic (exact) mass is 332 g/mol. The number of carbonyl (C=O) groups excluding carboxylic acids is 2. The Balaban J connectivity index is 1.45. The summed E-state index contributed by atoms with van der Waals surface area (Å²) < 4.78 is 1.86. The number of nitrogens with one attached hydrogen (secondary N) is 1. The number of amides is 2. The van der Waals surface area contributed by atoms with Gasteiger partial charge in [-0.05, 0) is 38.2 Å². The summed E-state index contributed by atoms with van der Waals surface area (Å²) in [7, 11) is 0. The molecule has 1 aromatic heterocycles. The first kappa shape index (κ1) is 17.0. The quantitative estimate of drug-likeness (QED) is 0.810. The second-order valence-electron chi connectivity index (χ2n) is 6.94. The van der Waals surface area contributed by atoms with E-state index in [1.807, 2.05) is 21.8 Å². The van der Waals surface area contributed by atoms with Crippen molar-refractivity contribution in [1.82, 2.24) is 20.0 Å². The van der Waals surface area contributed by atoms with E-state index in [9.17, 15) is 9.59 Å². The largest absolute Gasteiger partial charge is 0.354 e. The highest BCUT2D eigenvalue weighted by Crippen LogP contribution is 2.28. The molecule has 1 saturated heterocycles. The van der Waals surface area contributed by atoms with Gasteiger partial charge in [0.1, 0.15) is 6.04 Å². The summed E-state index contributed by atoms with van der Waals surface area (Å²) in [4.78, 5) is 27.1. The van der Waals surface area contributed by atoms with E-state index < -0.39 is 0 Å². The third kappa shape index (κ3) is 4.16. The van der Waals surface area contributed by atoms with Crippen molar-refractivity contribution in [3.8, 4) is 0 Å². The molecule has 3 rings (SSSR count). The van der Waals surface area contributed by atoms with Gasteiger partial charge in [-0.15, -0.1) is 0 Å². The van der Waals surface area contributed by atoms with E-state index >= 15 is 0 Å². The molecule has 1 aliphatic carbocycles. The van der Waals surface area contributed by atoms with Crippen LogP contribution >= 0.6 is 0 Å². The van der Waals surface area contributed by atoms with Crippen molar-refractivity contribution in [1.29, 1.82) is 0 Å². The lowest BCUT2D eigenvalue weighted by molar-refractivity contribution is -0.142. The normalized spacial score (nSPS) is 21.8. The Morgan fingerprint density at radius 2 is 1.96 bits per heavy atom. The first-order valence-corrected chi connectivity index (χ1v) is 9.31. The first-order chi connectivity index (χ1) is 11.8. The first-order valence-electron chi connectivity index (χ1n) is 9.31. The predicted molar refractivity (Wildman–Crippen MR) is 91.2 cm³/mol. The Labute approximate surface area is 143 Å². The maximum Gasteiger partial charge on any atom is 0.242 e. The van der Waals surface area contributed by atoms with Crippen molar-refractivity contribution in [2.45, 2.75) is 64.0 Å². The highest BCUT2D eigenvalue weighted by Gasteiger charge is 2.37. The molecular weight excluding hydrogens is 304 g/mol. The van der Waals surface area contributed by atoms with Crippen molar-refractivity contribution in [3.63, 3.8) is 0 Å². The molecule has 6 nitrogen and oxygen atoms in total. The number of hydrogen-bond acceptors (Lipinski definition) is 3. The molecule has 24 heavy (non-hydrogen) atoms. The van der Waals surface area contributed by atoms with Gasteiger partial charge in [-0.1, -0.05) is 19.3 Å². The van der Waals surface area contributed by atoms with E-state index in [0.29, 0.717) is 6.54 Å². The van der Waals surface area contributed by atoms with Crippen LogP contribution in [0.1, 0.15) is 51.4 Å². The van der Waals surface area contributed by atoms with Crippen LogP contribution < -0.4 is 5.32 Å². The topological polar surface area (TPSA) is 67.2 Å². The maximum atomic E-state index is 12.7. The molecule has 0 aromatic carbocycles. The zero-order valence-electron chi connectivity index (χ0n) is 14.3. The molecule has 2 amide bonds. The Morgan fingerprint density at radius 3 is 2.71 bits per heavy atom. The molecule has 1 saturated carbocycles. The number of aryl methyl sites for hydroxylation is 1. The fourth-order valence-electron chi connectivity index (χ4n) is 3.89. The molecule has 1 N–H and O–H groups in total. The van der Waals surface area contributed by atoms with E-state index in [0.717, 1.165) is 58.0 Å². The van der Waals surface area contributed by atoms with Gasteiger partial charge in [0, 0.05) is 37.9 Å². The summed E-state index contributed by atoms with van der Waals surface area (Å²) in [5.74, 6) is 0.369. The molecule has 2 heterocycles. The fourth-order valence-corrected chi connectivity index (χ4v) is 3.89. The predicted octanol–water partition coefficient (Wildman–Crippen LogP) is 1.96. The standard InChI is InChI=1S/C18H28N4O2/c23-17(19-10-5-12-21-13-6-11-20-21)16-9-4-14-22(16)18(24)15-7-2-1-3-8-15/h6,11,13,15-16H,1-5,7-10,12,14H2,(H,19,23)/t16-/m1/s1. The van der Waals surface area contributed by atoms with Gasteiger partial charge in [-0.3, -0.25) is 14.3 Å². The van der Waals surface area contributed by atoms with Crippen molar-refractivity contribution in [2.24, 2.45) is 5.92 Å². The van der Waals surface area contributed by atoms with E-state index in [1.165, 1.54) is 6.42 Å². The number of aromatic nitrogens is 2. The van der Waals surface area contributed by atoms with Crippen LogP contribution in [0.5, 0.6) is 0 Å². The number of hydrogen-bond donors (Lipinski definition) is 1. The Kier molecular flexibility index (Phi) is 5.88. The molecule has 1 aliphatic heterocycles. The number of nitrogens with zero attached hydrogens (tertiary/aromatic N) is 3. The van der Waals surface area contributed by atoms with Crippen molar-refractivity contribution >= 4 is 11.8 Å².